The lowest BCUT2D eigenvalue weighted by Gasteiger charge is -1.98. The number of aromatic amines is 1. The van der Waals surface area contributed by atoms with E-state index in [-0.39, 0.29) is 11.1 Å². The van der Waals surface area contributed by atoms with Crippen LogP contribution in [0.1, 0.15) is 0 Å². The molecule has 0 unspecified atom stereocenters. The third-order valence-electron chi connectivity index (χ3n) is 3.33. The van der Waals surface area contributed by atoms with E-state index in [0.717, 1.165) is 11.1 Å². The number of fused-ring (bicyclic) bond motifs is 1. The van der Waals surface area contributed by atoms with E-state index in [4.69, 9.17) is 4.42 Å². The Hall–Kier alpha value is -3.21. The molecule has 0 aliphatic rings. The van der Waals surface area contributed by atoms with Crippen LogP contribution >= 0.6 is 0 Å². The van der Waals surface area contributed by atoms with Crippen LogP contribution in [0.4, 0.5) is 0 Å². The zero-order valence-electron chi connectivity index (χ0n) is 11.5. The van der Waals surface area contributed by atoms with E-state index in [0.29, 0.717) is 17.4 Å². The first-order valence-electron chi connectivity index (χ1n) is 6.83. The highest BCUT2D eigenvalue weighted by Gasteiger charge is 2.14. The second-order valence-electron chi connectivity index (χ2n) is 4.82. The van der Waals surface area contributed by atoms with Gasteiger partial charge >= 0.3 is 0 Å². The molecule has 22 heavy (non-hydrogen) atoms. The molecule has 2 aromatic heterocycles. The van der Waals surface area contributed by atoms with E-state index in [1.165, 1.54) is 0 Å². The minimum atomic E-state index is -0.335. The first-order chi connectivity index (χ1) is 10.8. The summed E-state index contributed by atoms with van der Waals surface area (Å²) in [6.45, 7) is 0. The zero-order chi connectivity index (χ0) is 14.9. The molecule has 4 rings (SSSR count). The van der Waals surface area contributed by atoms with Crippen molar-refractivity contribution in [1.82, 2.24) is 15.0 Å². The zero-order valence-corrected chi connectivity index (χ0v) is 11.5. The Morgan fingerprint density at radius 1 is 0.818 bits per heavy atom. The third kappa shape index (κ3) is 2.09. The van der Waals surface area contributed by atoms with Gasteiger partial charge in [0.15, 0.2) is 0 Å². The van der Waals surface area contributed by atoms with Gasteiger partial charge in [0.05, 0.1) is 0 Å². The minimum Gasteiger partial charge on any atom is -0.428 e. The number of nitrogens with zero attached hydrogens (tertiary/aromatic N) is 2. The standard InChI is InChI=1S/C17H11N3O2/c21-16-13-15(18-14(19-16)11-7-3-1-4-8-11)20-17(22-13)12-9-5-2-6-10-12/h1-10H,(H,18,19,21). The first-order valence-corrected chi connectivity index (χ1v) is 6.83. The molecule has 0 saturated heterocycles. The molecule has 1 N–H and O–H groups in total. The van der Waals surface area contributed by atoms with Crippen LogP contribution in [0.3, 0.4) is 0 Å². The first kappa shape index (κ1) is 12.5. The van der Waals surface area contributed by atoms with Gasteiger partial charge in [0.25, 0.3) is 5.56 Å². The lowest BCUT2D eigenvalue weighted by molar-refractivity contribution is 0.614. The lowest BCUT2D eigenvalue weighted by Crippen LogP contribution is -2.08. The predicted octanol–water partition coefficient (Wildman–Crippen LogP) is 3.25. The smallest absolute Gasteiger partial charge is 0.296 e. The minimum absolute atomic E-state index is 0.138. The molecule has 2 aromatic carbocycles. The Morgan fingerprint density at radius 3 is 2.14 bits per heavy atom. The summed E-state index contributed by atoms with van der Waals surface area (Å²) < 4.78 is 5.56. The topological polar surface area (TPSA) is 71.8 Å². The summed E-state index contributed by atoms with van der Waals surface area (Å²) in [5.41, 5.74) is 1.74. The number of rotatable bonds is 2. The predicted molar refractivity (Wildman–Crippen MR) is 83.3 cm³/mol. The number of aromatic nitrogens is 3. The van der Waals surface area contributed by atoms with Crippen molar-refractivity contribution < 1.29 is 4.42 Å². The van der Waals surface area contributed by atoms with Gasteiger partial charge in [-0.1, -0.05) is 48.5 Å². The summed E-state index contributed by atoms with van der Waals surface area (Å²) in [4.78, 5) is 23.6. The lowest BCUT2D eigenvalue weighted by atomic mass is 10.2. The molecule has 0 aliphatic carbocycles. The van der Waals surface area contributed by atoms with Gasteiger partial charge in [0, 0.05) is 11.1 Å². The Labute approximate surface area is 125 Å². The molecule has 0 bridgehead atoms. The van der Waals surface area contributed by atoms with Gasteiger partial charge in [-0.15, -0.1) is 0 Å². The molecule has 0 spiro atoms. The number of oxazole rings is 1. The van der Waals surface area contributed by atoms with E-state index < -0.39 is 0 Å². The van der Waals surface area contributed by atoms with Crippen LogP contribution in [0.15, 0.2) is 69.9 Å². The van der Waals surface area contributed by atoms with Crippen molar-refractivity contribution in [2.75, 3.05) is 0 Å². The van der Waals surface area contributed by atoms with Crippen molar-refractivity contribution in [2.45, 2.75) is 0 Å². The number of H-pyrrole nitrogens is 1. The van der Waals surface area contributed by atoms with E-state index in [1.807, 2.05) is 60.7 Å². The molecule has 0 amide bonds. The molecule has 0 saturated carbocycles. The molecule has 0 radical (unpaired) electrons. The number of hydrogen-bond donors (Lipinski definition) is 1. The molecular formula is C17H11N3O2. The summed E-state index contributed by atoms with van der Waals surface area (Å²) in [6.07, 6.45) is 0. The molecule has 5 heteroatoms. The molecule has 4 aromatic rings. The summed E-state index contributed by atoms with van der Waals surface area (Å²) in [5.74, 6) is 0.866. The quantitative estimate of drug-likeness (QED) is 0.615. The van der Waals surface area contributed by atoms with Crippen molar-refractivity contribution >= 4 is 11.2 Å². The Kier molecular flexibility index (Phi) is 2.83. The Balaban J connectivity index is 1.91. The highest BCUT2D eigenvalue weighted by atomic mass is 16.4. The molecule has 5 nitrogen and oxygen atoms in total. The average molecular weight is 289 g/mol. The highest BCUT2D eigenvalue weighted by molar-refractivity contribution is 5.73. The van der Waals surface area contributed by atoms with Crippen molar-refractivity contribution in [1.29, 1.82) is 0 Å². The second-order valence-corrected chi connectivity index (χ2v) is 4.82. The van der Waals surface area contributed by atoms with Crippen molar-refractivity contribution in [2.24, 2.45) is 0 Å². The van der Waals surface area contributed by atoms with Crippen LogP contribution in [0.25, 0.3) is 34.1 Å². The van der Waals surface area contributed by atoms with Crippen molar-refractivity contribution in [3.05, 3.63) is 71.0 Å². The molecule has 106 valence electrons. The third-order valence-corrected chi connectivity index (χ3v) is 3.33. The maximum absolute atomic E-state index is 12.2. The molecule has 0 atom stereocenters. The SMILES string of the molecule is O=c1[nH]c(-c2ccccc2)nc2nc(-c3ccccc3)oc12. The fourth-order valence-corrected chi connectivity index (χ4v) is 2.27. The summed E-state index contributed by atoms with van der Waals surface area (Å²) >= 11 is 0. The van der Waals surface area contributed by atoms with Crippen LogP contribution in [-0.4, -0.2) is 15.0 Å². The van der Waals surface area contributed by atoms with Crippen LogP contribution in [-0.2, 0) is 0 Å². The van der Waals surface area contributed by atoms with Crippen LogP contribution in [0.5, 0.6) is 0 Å². The number of benzene rings is 2. The Bertz CT molecular complexity index is 989. The van der Waals surface area contributed by atoms with E-state index in [9.17, 15) is 4.79 Å². The van der Waals surface area contributed by atoms with Gasteiger partial charge in [0.1, 0.15) is 5.82 Å². The van der Waals surface area contributed by atoms with E-state index in [1.54, 1.807) is 0 Å². The van der Waals surface area contributed by atoms with Gasteiger partial charge in [-0.05, 0) is 12.1 Å². The normalized spacial score (nSPS) is 10.9. The molecule has 0 fully saturated rings. The van der Waals surface area contributed by atoms with Crippen molar-refractivity contribution in [3.63, 3.8) is 0 Å². The Morgan fingerprint density at radius 2 is 1.45 bits per heavy atom. The number of nitrogens with one attached hydrogen (secondary N) is 1. The fourth-order valence-electron chi connectivity index (χ4n) is 2.27. The largest absolute Gasteiger partial charge is 0.428 e. The monoisotopic (exact) mass is 289 g/mol. The summed E-state index contributed by atoms with van der Waals surface area (Å²) in [6, 6.07) is 18.9. The average Bonchev–Trinajstić information content (AvgIpc) is 3.01. The molecule has 2 heterocycles. The van der Waals surface area contributed by atoms with Crippen molar-refractivity contribution in [3.8, 4) is 22.8 Å². The van der Waals surface area contributed by atoms with Gasteiger partial charge in [0.2, 0.25) is 17.1 Å². The fraction of sp³-hybridized carbons (Fsp3) is 0. The van der Waals surface area contributed by atoms with Crippen LogP contribution in [0, 0.1) is 0 Å². The maximum Gasteiger partial charge on any atom is 0.296 e. The van der Waals surface area contributed by atoms with Crippen LogP contribution < -0.4 is 5.56 Å². The molecule has 0 aliphatic heterocycles. The maximum atomic E-state index is 12.2. The molecular weight excluding hydrogens is 278 g/mol. The van der Waals surface area contributed by atoms with Gasteiger partial charge < -0.3 is 9.40 Å². The van der Waals surface area contributed by atoms with E-state index >= 15 is 0 Å². The van der Waals surface area contributed by atoms with Gasteiger partial charge in [-0.25, -0.2) is 4.98 Å². The highest BCUT2D eigenvalue weighted by Crippen LogP contribution is 2.22. The van der Waals surface area contributed by atoms with Crippen LogP contribution in [0.2, 0.25) is 0 Å². The van der Waals surface area contributed by atoms with E-state index in [2.05, 4.69) is 15.0 Å². The summed E-state index contributed by atoms with van der Waals surface area (Å²) in [5, 5.41) is 0. The van der Waals surface area contributed by atoms with Gasteiger partial charge in [-0.2, -0.15) is 4.98 Å². The summed E-state index contributed by atoms with van der Waals surface area (Å²) in [7, 11) is 0. The number of hydrogen-bond acceptors (Lipinski definition) is 4. The van der Waals surface area contributed by atoms with Gasteiger partial charge in [-0.3, -0.25) is 4.79 Å². The second kappa shape index (κ2) is 4.96.